The molecule has 4 rings (SSSR count). The molecule has 1 fully saturated rings. The van der Waals surface area contributed by atoms with Gasteiger partial charge in [0.05, 0.1) is 16.6 Å². The number of carbonyl (C=O) groups excluding carboxylic acids is 1. The second kappa shape index (κ2) is 8.62. The van der Waals surface area contributed by atoms with Gasteiger partial charge in [-0.05, 0) is 30.2 Å². The molecule has 3 aromatic rings. The molecule has 3 heterocycles. The van der Waals surface area contributed by atoms with Crippen molar-refractivity contribution in [2.24, 2.45) is 0 Å². The first-order chi connectivity index (χ1) is 14.9. The molecule has 2 aromatic heterocycles. The van der Waals surface area contributed by atoms with Crippen molar-refractivity contribution in [3.63, 3.8) is 0 Å². The number of aryl methyl sites for hydroxylation is 1. The molecule has 0 radical (unpaired) electrons. The van der Waals surface area contributed by atoms with Gasteiger partial charge in [-0.1, -0.05) is 60.4 Å². The highest BCUT2D eigenvalue weighted by atomic mass is 32.2. The third-order valence-electron chi connectivity index (χ3n) is 4.99. The Morgan fingerprint density at radius 3 is 2.65 bits per heavy atom. The fraction of sp³-hybridized carbons (Fsp3) is 0.182. The molecule has 1 aliphatic heterocycles. The SMILES string of the molecule is Cc1cccn2c(=O)c(C=C3SC(=S)N(C)C3=O)c(NCC(O)c3ccccc3)nc12. The summed E-state index contributed by atoms with van der Waals surface area (Å²) in [5.74, 6) is 0.0367. The summed E-state index contributed by atoms with van der Waals surface area (Å²) in [6, 6.07) is 12.9. The number of amides is 1. The van der Waals surface area contributed by atoms with Gasteiger partial charge in [0.2, 0.25) is 0 Å². The van der Waals surface area contributed by atoms with Gasteiger partial charge in [-0.2, -0.15) is 0 Å². The van der Waals surface area contributed by atoms with Crippen LogP contribution in [-0.2, 0) is 4.79 Å². The van der Waals surface area contributed by atoms with Crippen molar-refractivity contribution in [2.45, 2.75) is 13.0 Å². The largest absolute Gasteiger partial charge is 0.387 e. The molecule has 158 valence electrons. The highest BCUT2D eigenvalue weighted by Gasteiger charge is 2.29. The number of thiocarbonyl (C=S) groups is 1. The minimum Gasteiger partial charge on any atom is -0.387 e. The van der Waals surface area contributed by atoms with Crippen molar-refractivity contribution in [1.82, 2.24) is 14.3 Å². The van der Waals surface area contributed by atoms with Gasteiger partial charge in [0, 0.05) is 19.8 Å². The van der Waals surface area contributed by atoms with Crippen molar-refractivity contribution < 1.29 is 9.90 Å². The Morgan fingerprint density at radius 2 is 1.97 bits per heavy atom. The Labute approximate surface area is 188 Å². The van der Waals surface area contributed by atoms with Crippen LogP contribution < -0.4 is 10.9 Å². The van der Waals surface area contributed by atoms with Crippen molar-refractivity contribution in [1.29, 1.82) is 0 Å². The van der Waals surface area contributed by atoms with Crippen LogP contribution in [-0.4, -0.2) is 43.2 Å². The van der Waals surface area contributed by atoms with Crippen LogP contribution in [0.3, 0.4) is 0 Å². The van der Waals surface area contributed by atoms with Gasteiger partial charge in [-0.25, -0.2) is 4.98 Å². The van der Waals surface area contributed by atoms with E-state index in [2.05, 4.69) is 10.3 Å². The molecule has 1 saturated heterocycles. The van der Waals surface area contributed by atoms with Gasteiger partial charge in [0.1, 0.15) is 15.8 Å². The van der Waals surface area contributed by atoms with E-state index in [1.807, 2.05) is 43.3 Å². The van der Waals surface area contributed by atoms with E-state index < -0.39 is 6.10 Å². The molecule has 2 N–H and O–H groups in total. The van der Waals surface area contributed by atoms with Crippen molar-refractivity contribution in [3.05, 3.63) is 80.6 Å². The quantitative estimate of drug-likeness (QED) is 0.455. The van der Waals surface area contributed by atoms with E-state index in [1.165, 1.54) is 15.4 Å². The number of likely N-dealkylation sites (N-methyl/N-ethyl adjacent to an activating group) is 1. The van der Waals surface area contributed by atoms with Crippen molar-refractivity contribution >= 4 is 51.7 Å². The third kappa shape index (κ3) is 4.12. The van der Waals surface area contributed by atoms with Crippen LogP contribution in [0.4, 0.5) is 5.82 Å². The second-order valence-electron chi connectivity index (χ2n) is 7.11. The number of nitrogens with zero attached hydrogens (tertiary/aromatic N) is 3. The van der Waals surface area contributed by atoms with Gasteiger partial charge >= 0.3 is 0 Å². The van der Waals surface area contributed by atoms with E-state index in [4.69, 9.17) is 12.2 Å². The summed E-state index contributed by atoms with van der Waals surface area (Å²) in [5, 5.41) is 13.6. The number of hydrogen-bond donors (Lipinski definition) is 2. The Hall–Kier alpha value is -3.01. The molecule has 0 bridgehead atoms. The van der Waals surface area contributed by atoms with Crippen LogP contribution in [0.1, 0.15) is 22.8 Å². The summed E-state index contributed by atoms with van der Waals surface area (Å²) >= 11 is 6.33. The molecule has 0 saturated carbocycles. The number of benzene rings is 1. The number of anilines is 1. The molecule has 1 atom stereocenters. The first-order valence-electron chi connectivity index (χ1n) is 9.57. The highest BCUT2D eigenvalue weighted by molar-refractivity contribution is 8.26. The van der Waals surface area contributed by atoms with Gasteiger partial charge in [-0.15, -0.1) is 0 Å². The number of nitrogens with one attached hydrogen (secondary N) is 1. The normalized spacial score (nSPS) is 16.4. The predicted molar refractivity (Wildman–Crippen MR) is 127 cm³/mol. The first kappa shape index (κ1) is 21.2. The summed E-state index contributed by atoms with van der Waals surface area (Å²) < 4.78 is 1.88. The number of pyridine rings is 1. The van der Waals surface area contributed by atoms with Gasteiger partial charge in [0.25, 0.3) is 11.5 Å². The zero-order chi connectivity index (χ0) is 22.1. The summed E-state index contributed by atoms with van der Waals surface area (Å²) in [6.07, 6.45) is 2.37. The summed E-state index contributed by atoms with van der Waals surface area (Å²) in [6.45, 7) is 2.01. The van der Waals surface area contributed by atoms with Crippen LogP contribution in [0.5, 0.6) is 0 Å². The lowest BCUT2D eigenvalue weighted by Gasteiger charge is -2.15. The monoisotopic (exact) mass is 452 g/mol. The smallest absolute Gasteiger partial charge is 0.267 e. The van der Waals surface area contributed by atoms with Crippen LogP contribution in [0.25, 0.3) is 11.7 Å². The minimum atomic E-state index is -0.792. The fourth-order valence-corrected chi connectivity index (χ4v) is 4.40. The Balaban J connectivity index is 1.78. The Morgan fingerprint density at radius 1 is 1.23 bits per heavy atom. The lowest BCUT2D eigenvalue weighted by molar-refractivity contribution is -0.121. The van der Waals surface area contributed by atoms with E-state index in [-0.39, 0.29) is 23.6 Å². The average Bonchev–Trinajstić information content (AvgIpc) is 3.02. The molecule has 7 nitrogen and oxygen atoms in total. The van der Waals surface area contributed by atoms with Crippen LogP contribution in [0.2, 0.25) is 0 Å². The second-order valence-corrected chi connectivity index (χ2v) is 8.79. The average molecular weight is 453 g/mol. The number of fused-ring (bicyclic) bond motifs is 1. The molecule has 1 unspecified atom stereocenters. The number of aromatic nitrogens is 2. The predicted octanol–water partition coefficient (Wildman–Crippen LogP) is 2.98. The molecular weight excluding hydrogens is 432 g/mol. The first-order valence-corrected chi connectivity index (χ1v) is 10.8. The van der Waals surface area contributed by atoms with E-state index in [0.29, 0.717) is 20.7 Å². The fourth-order valence-electron chi connectivity index (χ4n) is 3.24. The Kier molecular flexibility index (Phi) is 5.90. The van der Waals surface area contributed by atoms with Gasteiger partial charge in [0.15, 0.2) is 0 Å². The van der Waals surface area contributed by atoms with E-state index in [9.17, 15) is 14.7 Å². The maximum absolute atomic E-state index is 13.3. The minimum absolute atomic E-state index is 0.147. The standard InChI is InChI=1S/C22H20N4O3S2/c1-13-7-6-10-26-19(13)24-18(23-12-16(27)14-8-4-3-5-9-14)15(20(26)28)11-17-21(29)25(2)22(30)31-17/h3-11,16,23,27H,12H2,1-2H3. The number of rotatable bonds is 5. The number of hydrogen-bond acceptors (Lipinski definition) is 7. The summed E-state index contributed by atoms with van der Waals surface area (Å²) in [5.41, 5.74) is 2.00. The highest BCUT2D eigenvalue weighted by Crippen LogP contribution is 2.32. The van der Waals surface area contributed by atoms with Crippen LogP contribution in [0.15, 0.2) is 58.4 Å². The van der Waals surface area contributed by atoms with E-state index in [0.717, 1.165) is 22.9 Å². The van der Waals surface area contributed by atoms with E-state index in [1.54, 1.807) is 19.3 Å². The molecule has 9 heteroatoms. The van der Waals surface area contributed by atoms with Crippen LogP contribution >= 0.6 is 24.0 Å². The molecule has 1 aromatic carbocycles. The van der Waals surface area contributed by atoms with Crippen molar-refractivity contribution in [3.8, 4) is 0 Å². The van der Waals surface area contributed by atoms with Crippen LogP contribution in [0, 0.1) is 6.92 Å². The molecule has 1 amide bonds. The summed E-state index contributed by atoms with van der Waals surface area (Å²) in [7, 11) is 1.60. The van der Waals surface area contributed by atoms with Gasteiger partial charge in [-0.3, -0.25) is 18.9 Å². The molecular formula is C22H20N4O3S2. The maximum Gasteiger partial charge on any atom is 0.267 e. The summed E-state index contributed by atoms with van der Waals surface area (Å²) in [4.78, 5) is 32.1. The number of carbonyl (C=O) groups is 1. The molecule has 0 aliphatic carbocycles. The lowest BCUT2D eigenvalue weighted by atomic mass is 10.1. The Bertz CT molecular complexity index is 1270. The maximum atomic E-state index is 13.3. The number of aliphatic hydroxyl groups excluding tert-OH is 1. The lowest BCUT2D eigenvalue weighted by Crippen LogP contribution is -2.24. The third-order valence-corrected chi connectivity index (χ3v) is 6.48. The molecule has 0 spiro atoms. The number of thioether (sulfide) groups is 1. The zero-order valence-electron chi connectivity index (χ0n) is 16.9. The van der Waals surface area contributed by atoms with Gasteiger partial charge < -0.3 is 10.4 Å². The number of aliphatic hydroxyl groups is 1. The van der Waals surface area contributed by atoms with Crippen molar-refractivity contribution in [2.75, 3.05) is 18.9 Å². The molecule has 31 heavy (non-hydrogen) atoms. The topological polar surface area (TPSA) is 86.9 Å². The van der Waals surface area contributed by atoms with E-state index >= 15 is 0 Å². The zero-order valence-corrected chi connectivity index (χ0v) is 18.5. The molecule has 1 aliphatic rings.